The first-order valence-corrected chi connectivity index (χ1v) is 9.01. The van der Waals surface area contributed by atoms with Gasteiger partial charge in [0.05, 0.1) is 19.2 Å². The number of ether oxygens (including phenoxy) is 1. The number of carbonyl (C=O) groups excluding carboxylic acids is 3. The predicted molar refractivity (Wildman–Crippen MR) is 98.0 cm³/mol. The third-order valence-corrected chi connectivity index (χ3v) is 4.43. The molecule has 0 atom stereocenters. The van der Waals surface area contributed by atoms with Crippen LogP contribution >= 0.6 is 0 Å². The summed E-state index contributed by atoms with van der Waals surface area (Å²) in [5.41, 5.74) is 0.928. The molecule has 7 heteroatoms. The molecule has 2 N–H and O–H groups in total. The van der Waals surface area contributed by atoms with E-state index in [1.807, 2.05) is 6.92 Å². The SMILES string of the molecule is CCCNC(=O)CN1CCC(NC(=O)c2ccc(C(=O)OC)cc2)CC1. The number of hydrogen-bond donors (Lipinski definition) is 2. The normalized spacial score (nSPS) is 15.3. The average Bonchev–Trinajstić information content (AvgIpc) is 2.67. The molecule has 1 saturated heterocycles. The monoisotopic (exact) mass is 361 g/mol. The lowest BCUT2D eigenvalue weighted by Gasteiger charge is -2.31. The van der Waals surface area contributed by atoms with E-state index in [2.05, 4.69) is 20.3 Å². The van der Waals surface area contributed by atoms with Crippen molar-refractivity contribution in [3.8, 4) is 0 Å². The Morgan fingerprint density at radius 3 is 2.31 bits per heavy atom. The summed E-state index contributed by atoms with van der Waals surface area (Å²) in [5.74, 6) is -0.520. The number of benzene rings is 1. The van der Waals surface area contributed by atoms with Gasteiger partial charge in [0, 0.05) is 31.2 Å². The summed E-state index contributed by atoms with van der Waals surface area (Å²) >= 11 is 0. The quantitative estimate of drug-likeness (QED) is 0.713. The highest BCUT2D eigenvalue weighted by Crippen LogP contribution is 2.12. The molecule has 0 unspecified atom stereocenters. The van der Waals surface area contributed by atoms with Crippen LogP contribution in [0.15, 0.2) is 24.3 Å². The number of rotatable bonds is 7. The highest BCUT2D eigenvalue weighted by Gasteiger charge is 2.22. The first-order valence-electron chi connectivity index (χ1n) is 9.01. The zero-order valence-electron chi connectivity index (χ0n) is 15.4. The molecule has 142 valence electrons. The van der Waals surface area contributed by atoms with Gasteiger partial charge in [-0.25, -0.2) is 4.79 Å². The van der Waals surface area contributed by atoms with Gasteiger partial charge in [-0.05, 0) is 43.5 Å². The van der Waals surface area contributed by atoms with E-state index in [9.17, 15) is 14.4 Å². The van der Waals surface area contributed by atoms with Crippen molar-refractivity contribution in [3.63, 3.8) is 0 Å². The van der Waals surface area contributed by atoms with E-state index in [-0.39, 0.29) is 17.9 Å². The van der Waals surface area contributed by atoms with Crippen LogP contribution < -0.4 is 10.6 Å². The molecule has 0 bridgehead atoms. The van der Waals surface area contributed by atoms with Crippen molar-refractivity contribution in [2.45, 2.75) is 32.2 Å². The molecule has 0 aromatic heterocycles. The number of nitrogens with zero attached hydrogens (tertiary/aromatic N) is 1. The number of methoxy groups -OCH3 is 1. The second kappa shape index (κ2) is 9.91. The van der Waals surface area contributed by atoms with Crippen LogP contribution in [0.3, 0.4) is 0 Å². The largest absolute Gasteiger partial charge is 0.465 e. The number of esters is 1. The van der Waals surface area contributed by atoms with E-state index in [1.54, 1.807) is 24.3 Å². The Bertz CT molecular complexity index is 622. The fraction of sp³-hybridized carbons (Fsp3) is 0.526. The smallest absolute Gasteiger partial charge is 0.337 e. The Balaban J connectivity index is 1.77. The van der Waals surface area contributed by atoms with E-state index in [1.165, 1.54) is 7.11 Å². The number of hydrogen-bond acceptors (Lipinski definition) is 5. The lowest BCUT2D eigenvalue weighted by atomic mass is 10.0. The molecule has 26 heavy (non-hydrogen) atoms. The number of piperidine rings is 1. The van der Waals surface area contributed by atoms with Crippen molar-refractivity contribution in [2.75, 3.05) is 33.3 Å². The zero-order chi connectivity index (χ0) is 18.9. The molecule has 0 saturated carbocycles. The van der Waals surface area contributed by atoms with E-state index in [4.69, 9.17) is 0 Å². The molecule has 1 fully saturated rings. The summed E-state index contributed by atoms with van der Waals surface area (Å²) < 4.78 is 4.64. The summed E-state index contributed by atoms with van der Waals surface area (Å²) in [7, 11) is 1.32. The van der Waals surface area contributed by atoms with Gasteiger partial charge in [-0.1, -0.05) is 6.92 Å². The molecule has 1 aromatic rings. The fourth-order valence-corrected chi connectivity index (χ4v) is 2.90. The number of nitrogens with one attached hydrogen (secondary N) is 2. The minimum Gasteiger partial charge on any atom is -0.465 e. The topological polar surface area (TPSA) is 87.7 Å². The highest BCUT2D eigenvalue weighted by atomic mass is 16.5. The van der Waals surface area contributed by atoms with Crippen LogP contribution in [-0.4, -0.2) is 62.0 Å². The van der Waals surface area contributed by atoms with Crippen LogP contribution in [-0.2, 0) is 9.53 Å². The average molecular weight is 361 g/mol. The van der Waals surface area contributed by atoms with Gasteiger partial charge in [0.2, 0.25) is 5.91 Å². The molecule has 1 heterocycles. The Kier molecular flexibility index (Phi) is 7.59. The fourth-order valence-electron chi connectivity index (χ4n) is 2.90. The molecule has 0 radical (unpaired) electrons. The molecule has 1 aliphatic heterocycles. The predicted octanol–water partition coefficient (Wildman–Crippen LogP) is 1.19. The summed E-state index contributed by atoms with van der Waals surface area (Å²) in [5, 5.41) is 5.90. The third kappa shape index (κ3) is 5.84. The van der Waals surface area contributed by atoms with Crippen LogP contribution in [0.2, 0.25) is 0 Å². The lowest BCUT2D eigenvalue weighted by Crippen LogP contribution is -2.47. The van der Waals surface area contributed by atoms with Crippen molar-refractivity contribution in [3.05, 3.63) is 35.4 Å². The molecule has 1 aromatic carbocycles. The number of carbonyl (C=O) groups is 3. The standard InChI is InChI=1S/C19H27N3O4/c1-3-10-20-17(23)13-22-11-8-16(9-12-22)21-18(24)14-4-6-15(7-5-14)19(25)26-2/h4-7,16H,3,8-13H2,1-2H3,(H,20,23)(H,21,24). The number of likely N-dealkylation sites (tertiary alicyclic amines) is 1. The summed E-state index contributed by atoms with van der Waals surface area (Å²) in [6.45, 7) is 4.71. The molecular formula is C19H27N3O4. The van der Waals surface area contributed by atoms with E-state index >= 15 is 0 Å². The second-order valence-corrected chi connectivity index (χ2v) is 6.44. The van der Waals surface area contributed by atoms with Crippen LogP contribution in [0.4, 0.5) is 0 Å². The zero-order valence-corrected chi connectivity index (χ0v) is 15.4. The Morgan fingerprint density at radius 2 is 1.73 bits per heavy atom. The molecule has 1 aliphatic rings. The first kappa shape index (κ1) is 19.9. The van der Waals surface area contributed by atoms with Crippen molar-refractivity contribution in [2.24, 2.45) is 0 Å². The van der Waals surface area contributed by atoms with E-state index in [0.717, 1.165) is 32.4 Å². The summed E-state index contributed by atoms with van der Waals surface area (Å²) in [6.07, 6.45) is 2.56. The van der Waals surface area contributed by atoms with Gasteiger partial charge in [0.1, 0.15) is 0 Å². The van der Waals surface area contributed by atoms with Crippen molar-refractivity contribution in [1.82, 2.24) is 15.5 Å². The molecule has 2 amide bonds. The van der Waals surface area contributed by atoms with Crippen LogP contribution in [0.1, 0.15) is 46.9 Å². The minimum atomic E-state index is -0.424. The third-order valence-electron chi connectivity index (χ3n) is 4.43. The lowest BCUT2D eigenvalue weighted by molar-refractivity contribution is -0.122. The van der Waals surface area contributed by atoms with Gasteiger partial charge in [-0.2, -0.15) is 0 Å². The van der Waals surface area contributed by atoms with Crippen LogP contribution in [0.5, 0.6) is 0 Å². The van der Waals surface area contributed by atoms with Crippen molar-refractivity contribution in [1.29, 1.82) is 0 Å². The maximum atomic E-state index is 12.3. The number of amides is 2. The van der Waals surface area contributed by atoms with Gasteiger partial charge in [-0.3, -0.25) is 14.5 Å². The van der Waals surface area contributed by atoms with Gasteiger partial charge >= 0.3 is 5.97 Å². The maximum absolute atomic E-state index is 12.3. The maximum Gasteiger partial charge on any atom is 0.337 e. The van der Waals surface area contributed by atoms with Crippen LogP contribution in [0, 0.1) is 0 Å². The molecule has 7 nitrogen and oxygen atoms in total. The Labute approximate surface area is 154 Å². The van der Waals surface area contributed by atoms with E-state index in [0.29, 0.717) is 24.2 Å². The van der Waals surface area contributed by atoms with Crippen LogP contribution in [0.25, 0.3) is 0 Å². The molecule has 2 rings (SSSR count). The van der Waals surface area contributed by atoms with Crippen molar-refractivity contribution < 1.29 is 19.1 Å². The molecule has 0 aliphatic carbocycles. The summed E-state index contributed by atoms with van der Waals surface area (Å²) in [6, 6.07) is 6.50. The second-order valence-electron chi connectivity index (χ2n) is 6.44. The van der Waals surface area contributed by atoms with Gasteiger partial charge in [-0.15, -0.1) is 0 Å². The molecular weight excluding hydrogens is 334 g/mol. The summed E-state index contributed by atoms with van der Waals surface area (Å²) in [4.78, 5) is 37.6. The van der Waals surface area contributed by atoms with Gasteiger partial charge in [0.15, 0.2) is 0 Å². The molecule has 0 spiro atoms. The van der Waals surface area contributed by atoms with E-state index < -0.39 is 5.97 Å². The Morgan fingerprint density at radius 1 is 1.12 bits per heavy atom. The van der Waals surface area contributed by atoms with Gasteiger partial charge < -0.3 is 15.4 Å². The Hall–Kier alpha value is -2.41. The first-order chi connectivity index (χ1) is 12.5. The minimum absolute atomic E-state index is 0.0556. The van der Waals surface area contributed by atoms with Crippen molar-refractivity contribution >= 4 is 17.8 Å². The highest BCUT2D eigenvalue weighted by molar-refractivity contribution is 5.96. The van der Waals surface area contributed by atoms with Gasteiger partial charge in [0.25, 0.3) is 5.91 Å².